The van der Waals surface area contributed by atoms with Crippen LogP contribution < -0.4 is 0 Å². The Morgan fingerprint density at radius 1 is 0.773 bits per heavy atom. The number of ketones is 6. The standard InChI is InChI=1S/C15H8O7/c16-7-4-10(19)12-11(5-7)22-15(14(21)13(12)20)6-1-2-8(17)9(18)3-6/h1-2H,3-5H2. The van der Waals surface area contributed by atoms with E-state index in [1.54, 1.807) is 0 Å². The van der Waals surface area contributed by atoms with Crippen LogP contribution in [0.25, 0.3) is 0 Å². The van der Waals surface area contributed by atoms with Gasteiger partial charge in [0.15, 0.2) is 11.5 Å². The molecule has 7 heteroatoms. The van der Waals surface area contributed by atoms with E-state index >= 15 is 0 Å². The normalized spacial score (nSPS) is 25.6. The zero-order valence-corrected chi connectivity index (χ0v) is 11.1. The summed E-state index contributed by atoms with van der Waals surface area (Å²) >= 11 is 0. The van der Waals surface area contributed by atoms with Crippen LogP contribution in [0.5, 0.6) is 0 Å². The van der Waals surface area contributed by atoms with E-state index < -0.39 is 52.5 Å². The maximum Gasteiger partial charge on any atom is 0.269 e. The van der Waals surface area contributed by atoms with E-state index in [0.29, 0.717) is 0 Å². The molecule has 0 bridgehead atoms. The van der Waals surface area contributed by atoms with E-state index in [-0.39, 0.29) is 24.2 Å². The lowest BCUT2D eigenvalue weighted by molar-refractivity contribution is -0.138. The zero-order chi connectivity index (χ0) is 16.0. The fourth-order valence-corrected chi connectivity index (χ4v) is 2.44. The molecule has 0 atom stereocenters. The summed E-state index contributed by atoms with van der Waals surface area (Å²) in [6.45, 7) is 0. The van der Waals surface area contributed by atoms with Gasteiger partial charge >= 0.3 is 0 Å². The first-order chi connectivity index (χ1) is 10.4. The highest BCUT2D eigenvalue weighted by atomic mass is 16.5. The number of carbonyl (C=O) groups excluding carboxylic acids is 6. The van der Waals surface area contributed by atoms with Crippen molar-refractivity contribution in [1.29, 1.82) is 0 Å². The highest BCUT2D eigenvalue weighted by Crippen LogP contribution is 2.32. The number of hydrogen-bond acceptors (Lipinski definition) is 7. The molecule has 0 saturated carbocycles. The topological polar surface area (TPSA) is 112 Å². The summed E-state index contributed by atoms with van der Waals surface area (Å²) in [6, 6.07) is 0. The van der Waals surface area contributed by atoms with Crippen molar-refractivity contribution >= 4 is 34.7 Å². The maximum absolute atomic E-state index is 12.1. The molecule has 0 aromatic heterocycles. The van der Waals surface area contributed by atoms with Crippen LogP contribution in [-0.4, -0.2) is 34.7 Å². The van der Waals surface area contributed by atoms with Gasteiger partial charge in [-0.3, -0.25) is 28.8 Å². The van der Waals surface area contributed by atoms with Crippen LogP contribution in [0.15, 0.2) is 34.8 Å². The molecule has 3 aliphatic rings. The van der Waals surface area contributed by atoms with Gasteiger partial charge in [-0.25, -0.2) is 0 Å². The van der Waals surface area contributed by atoms with Crippen molar-refractivity contribution in [2.45, 2.75) is 19.3 Å². The minimum atomic E-state index is -1.05. The molecule has 0 aromatic rings. The van der Waals surface area contributed by atoms with E-state index in [1.807, 2.05) is 0 Å². The predicted molar refractivity (Wildman–Crippen MR) is 68.2 cm³/mol. The van der Waals surface area contributed by atoms with Gasteiger partial charge in [0, 0.05) is 12.0 Å². The third-order valence-corrected chi connectivity index (χ3v) is 3.49. The molecule has 1 heterocycles. The highest BCUT2D eigenvalue weighted by molar-refractivity contribution is 6.55. The SMILES string of the molecule is O=C1CC(=O)C2=C(C1)OC(=C1C=CC(=O)C(=O)C1)C(=O)C2=O. The summed E-state index contributed by atoms with van der Waals surface area (Å²) < 4.78 is 5.27. The summed E-state index contributed by atoms with van der Waals surface area (Å²) in [5, 5.41) is 0. The van der Waals surface area contributed by atoms with Crippen LogP contribution in [-0.2, 0) is 33.5 Å². The first kappa shape index (κ1) is 14.0. The number of ether oxygens (including phenoxy) is 1. The molecule has 0 N–H and O–H groups in total. The lowest BCUT2D eigenvalue weighted by Gasteiger charge is -2.24. The summed E-state index contributed by atoms with van der Waals surface area (Å²) in [5.41, 5.74) is -0.309. The average Bonchev–Trinajstić information content (AvgIpc) is 2.45. The Morgan fingerprint density at radius 3 is 2.18 bits per heavy atom. The summed E-state index contributed by atoms with van der Waals surface area (Å²) in [7, 11) is 0. The highest BCUT2D eigenvalue weighted by Gasteiger charge is 2.42. The smallest absolute Gasteiger partial charge is 0.269 e. The molecule has 0 amide bonds. The van der Waals surface area contributed by atoms with E-state index in [9.17, 15) is 28.8 Å². The van der Waals surface area contributed by atoms with Crippen LogP contribution in [0.4, 0.5) is 0 Å². The second-order valence-corrected chi connectivity index (χ2v) is 5.03. The average molecular weight is 300 g/mol. The number of Topliss-reactive ketones (excluding diaryl/α,β-unsaturated/α-hetero) is 5. The van der Waals surface area contributed by atoms with Gasteiger partial charge in [-0.05, 0) is 6.08 Å². The van der Waals surface area contributed by atoms with E-state index in [2.05, 4.69) is 0 Å². The predicted octanol–water partition coefficient (Wildman–Crippen LogP) is -0.307. The lowest BCUT2D eigenvalue weighted by atomic mass is 9.87. The summed E-state index contributed by atoms with van der Waals surface area (Å²) in [5.74, 6) is -5.25. The van der Waals surface area contributed by atoms with Crippen LogP contribution in [0, 0.1) is 0 Å². The van der Waals surface area contributed by atoms with Crippen LogP contribution in [0.2, 0.25) is 0 Å². The monoisotopic (exact) mass is 300 g/mol. The van der Waals surface area contributed by atoms with Crippen molar-refractivity contribution in [3.8, 4) is 0 Å². The molecule has 1 aliphatic heterocycles. The number of allylic oxidation sites excluding steroid dienone is 6. The Kier molecular flexibility index (Phi) is 3.05. The molecule has 2 aliphatic carbocycles. The molecule has 110 valence electrons. The third-order valence-electron chi connectivity index (χ3n) is 3.49. The van der Waals surface area contributed by atoms with Gasteiger partial charge in [-0.2, -0.15) is 0 Å². The van der Waals surface area contributed by atoms with Gasteiger partial charge in [-0.1, -0.05) is 6.08 Å². The number of hydrogen-bond donors (Lipinski definition) is 0. The molecule has 3 rings (SSSR count). The van der Waals surface area contributed by atoms with Gasteiger partial charge in [0.25, 0.3) is 5.78 Å². The van der Waals surface area contributed by atoms with Gasteiger partial charge in [0.1, 0.15) is 17.1 Å². The first-order valence-corrected chi connectivity index (χ1v) is 6.41. The summed E-state index contributed by atoms with van der Waals surface area (Å²) in [4.78, 5) is 69.8. The third kappa shape index (κ3) is 2.07. The molecule has 0 spiro atoms. The maximum atomic E-state index is 12.1. The molecular weight excluding hydrogens is 292 g/mol. The molecule has 0 saturated heterocycles. The minimum Gasteiger partial charge on any atom is -0.456 e. The molecule has 0 aromatic carbocycles. The van der Waals surface area contributed by atoms with Crippen molar-refractivity contribution in [3.05, 3.63) is 34.8 Å². The molecule has 0 radical (unpaired) electrons. The van der Waals surface area contributed by atoms with Crippen LogP contribution in [0.1, 0.15) is 19.3 Å². The number of rotatable bonds is 0. The second-order valence-electron chi connectivity index (χ2n) is 5.03. The first-order valence-electron chi connectivity index (χ1n) is 6.41. The van der Waals surface area contributed by atoms with Crippen molar-refractivity contribution in [2.75, 3.05) is 0 Å². The van der Waals surface area contributed by atoms with Crippen molar-refractivity contribution < 1.29 is 33.5 Å². The van der Waals surface area contributed by atoms with Gasteiger partial charge in [-0.15, -0.1) is 0 Å². The molecule has 0 fully saturated rings. The van der Waals surface area contributed by atoms with Crippen molar-refractivity contribution in [2.24, 2.45) is 0 Å². The fourth-order valence-electron chi connectivity index (χ4n) is 2.44. The van der Waals surface area contributed by atoms with Crippen LogP contribution in [0.3, 0.4) is 0 Å². The Labute approximate surface area is 123 Å². The van der Waals surface area contributed by atoms with E-state index in [0.717, 1.165) is 6.08 Å². The van der Waals surface area contributed by atoms with Gasteiger partial charge < -0.3 is 4.74 Å². The lowest BCUT2D eigenvalue weighted by Crippen LogP contribution is -2.35. The Hall–Kier alpha value is -2.96. The number of carbonyl (C=O) groups is 6. The van der Waals surface area contributed by atoms with E-state index in [1.165, 1.54) is 6.08 Å². The van der Waals surface area contributed by atoms with Crippen molar-refractivity contribution in [1.82, 2.24) is 0 Å². The zero-order valence-electron chi connectivity index (χ0n) is 11.1. The van der Waals surface area contributed by atoms with Gasteiger partial charge in [0.05, 0.1) is 12.8 Å². The fraction of sp³-hybridized carbons (Fsp3) is 0.200. The van der Waals surface area contributed by atoms with E-state index in [4.69, 9.17) is 4.74 Å². The van der Waals surface area contributed by atoms with Gasteiger partial charge in [0.2, 0.25) is 17.3 Å². The molecule has 7 nitrogen and oxygen atoms in total. The van der Waals surface area contributed by atoms with Crippen LogP contribution >= 0.6 is 0 Å². The van der Waals surface area contributed by atoms with Crippen molar-refractivity contribution in [3.63, 3.8) is 0 Å². The largest absolute Gasteiger partial charge is 0.456 e. The Morgan fingerprint density at radius 2 is 1.50 bits per heavy atom. The second kappa shape index (κ2) is 4.80. The molecule has 22 heavy (non-hydrogen) atoms. The minimum absolute atomic E-state index is 0.0833. The summed E-state index contributed by atoms with van der Waals surface area (Å²) in [6.07, 6.45) is 1.15. The Balaban J connectivity index is 2.09. The Bertz CT molecular complexity index is 789. The quantitative estimate of drug-likeness (QED) is 0.261. The molecular formula is C15H8O7. The molecule has 0 unspecified atom stereocenters.